The fourth-order valence-corrected chi connectivity index (χ4v) is 9.44. The summed E-state index contributed by atoms with van der Waals surface area (Å²) >= 11 is 0. The van der Waals surface area contributed by atoms with Crippen LogP contribution in [0.15, 0.2) is 195 Å². The van der Waals surface area contributed by atoms with Gasteiger partial charge in [0.2, 0.25) is 0 Å². The van der Waals surface area contributed by atoms with Crippen molar-refractivity contribution in [1.29, 1.82) is 0 Å². The van der Waals surface area contributed by atoms with Gasteiger partial charge in [0, 0.05) is 22.9 Å². The molecule has 8 aromatic rings. The third-order valence-electron chi connectivity index (χ3n) is 12.9. The lowest BCUT2D eigenvalue weighted by atomic mass is 9.68. The zero-order valence-electron chi connectivity index (χ0n) is 40.4. The monoisotopic (exact) mass is 974 g/mol. The number of fused-ring (bicyclic) bond motifs is 5. The van der Waals surface area contributed by atoms with E-state index in [-0.39, 0.29) is 32.5 Å². The molecule has 1 aliphatic carbocycles. The van der Waals surface area contributed by atoms with E-state index in [1.54, 1.807) is 0 Å². The highest BCUT2D eigenvalue weighted by Crippen LogP contribution is 2.56. The number of benzene rings is 8. The van der Waals surface area contributed by atoms with Gasteiger partial charge in [-0.2, -0.15) is 0 Å². The van der Waals surface area contributed by atoms with Crippen molar-refractivity contribution in [2.24, 2.45) is 0 Å². The molecule has 3 atom stereocenters. The van der Waals surface area contributed by atoms with E-state index < -0.39 is 29.6 Å². The average molecular weight is 975 g/mol. The van der Waals surface area contributed by atoms with E-state index in [0.29, 0.717) is 36.2 Å². The second-order valence-electron chi connectivity index (χ2n) is 17.6. The van der Waals surface area contributed by atoms with E-state index in [9.17, 15) is 9.59 Å². The largest absolute Gasteiger partial charge is 0.493 e. The smallest absolute Gasteiger partial charge is 0.330 e. The van der Waals surface area contributed by atoms with Crippen molar-refractivity contribution in [2.45, 2.75) is 30.7 Å². The van der Waals surface area contributed by atoms with Gasteiger partial charge in [-0.05, 0) is 124 Å². The van der Waals surface area contributed by atoms with Crippen LogP contribution in [0.25, 0.3) is 32.7 Å². The van der Waals surface area contributed by atoms with Gasteiger partial charge in [-0.15, -0.1) is 0 Å². The van der Waals surface area contributed by atoms with Crippen LogP contribution in [0.5, 0.6) is 34.5 Å². The molecular formula is C62H54O11. The zero-order valence-corrected chi connectivity index (χ0v) is 40.4. The second-order valence-corrected chi connectivity index (χ2v) is 17.6. The Bertz CT molecular complexity index is 3220. The van der Waals surface area contributed by atoms with E-state index in [1.165, 1.54) is 0 Å². The van der Waals surface area contributed by atoms with Crippen LogP contribution in [0.2, 0.25) is 0 Å². The van der Waals surface area contributed by atoms with Crippen molar-refractivity contribution in [3.63, 3.8) is 0 Å². The third kappa shape index (κ3) is 10.6. The SMILES string of the molecule is C=CC(=O)OC(COc1ccc(C2(c3ccc(OCC(COc4cccc5cc(OCC6CO6)ccc45)OC(=O)C=C)cc3)c3ccccc3-c3ccccc32)cc1)COc1ccc2c(OCC)cccc2c1. The standard InChI is InChI=1S/C62H54O11/c1-4-60(63)72-50(39-69-48-29-31-52-41(33-48)13-11-19-58(52)65-6-3)37-66-45-25-21-43(22-26-45)62(56-17-9-7-15-54(56)55-16-8-10-18-57(55)62)44-23-27-46(28-24-44)67-38-51(73-61(64)5-2)40-71-59-20-12-14-42-34-47(30-32-53(42)59)68-35-49-36-70-49/h4-5,7-34,49-51H,1-2,6,35-40H2,3H3. The average Bonchev–Trinajstić information content (AvgIpc) is 4.23. The number of carbonyl (C=O) groups is 2. The summed E-state index contributed by atoms with van der Waals surface area (Å²) in [5.74, 6) is 2.83. The number of epoxide rings is 1. The number of rotatable bonds is 23. The molecule has 11 heteroatoms. The van der Waals surface area contributed by atoms with Gasteiger partial charge in [0.05, 0.1) is 18.6 Å². The summed E-state index contributed by atoms with van der Waals surface area (Å²) in [5, 5.41) is 3.79. The van der Waals surface area contributed by atoms with Crippen molar-refractivity contribution in [3.05, 3.63) is 217 Å². The number of hydrogen-bond acceptors (Lipinski definition) is 11. The van der Waals surface area contributed by atoms with Crippen LogP contribution in [0.3, 0.4) is 0 Å². The summed E-state index contributed by atoms with van der Waals surface area (Å²) in [7, 11) is 0. The van der Waals surface area contributed by atoms with Crippen LogP contribution in [0.4, 0.5) is 0 Å². The Hall–Kier alpha value is -8.54. The first-order valence-corrected chi connectivity index (χ1v) is 24.3. The Kier molecular flexibility index (Phi) is 14.4. The topological polar surface area (TPSA) is 121 Å². The maximum atomic E-state index is 12.5. The Morgan fingerprint density at radius 2 is 0.973 bits per heavy atom. The highest BCUT2D eigenvalue weighted by molar-refractivity contribution is 5.91. The lowest BCUT2D eigenvalue weighted by molar-refractivity contribution is -0.147. The second kappa shape index (κ2) is 21.8. The molecule has 0 N–H and O–H groups in total. The molecule has 11 nitrogen and oxygen atoms in total. The third-order valence-corrected chi connectivity index (χ3v) is 12.9. The van der Waals surface area contributed by atoms with E-state index in [0.717, 1.165) is 85.2 Å². The molecule has 0 amide bonds. The fraction of sp³-hybridized carbons (Fsp3) is 0.194. The van der Waals surface area contributed by atoms with Crippen LogP contribution in [0, 0.1) is 0 Å². The highest BCUT2D eigenvalue weighted by atomic mass is 16.6. The van der Waals surface area contributed by atoms with Gasteiger partial charge in [-0.3, -0.25) is 0 Å². The molecule has 0 radical (unpaired) electrons. The van der Waals surface area contributed by atoms with E-state index in [2.05, 4.69) is 86.0 Å². The Morgan fingerprint density at radius 3 is 1.45 bits per heavy atom. The van der Waals surface area contributed by atoms with Gasteiger partial charge >= 0.3 is 11.9 Å². The minimum atomic E-state index is -0.751. The molecule has 0 saturated carbocycles. The van der Waals surface area contributed by atoms with Crippen molar-refractivity contribution < 1.29 is 52.2 Å². The quantitative estimate of drug-likeness (QED) is 0.0346. The van der Waals surface area contributed by atoms with Gasteiger partial charge in [0.15, 0.2) is 12.2 Å². The van der Waals surface area contributed by atoms with Crippen molar-refractivity contribution >= 4 is 33.5 Å². The van der Waals surface area contributed by atoms with E-state index in [1.807, 2.05) is 104 Å². The summed E-state index contributed by atoms with van der Waals surface area (Å²) in [6, 6.07) is 56.3. The molecule has 1 saturated heterocycles. The van der Waals surface area contributed by atoms with Gasteiger partial charge in [0.1, 0.15) is 73.6 Å². The molecule has 8 aromatic carbocycles. The minimum absolute atomic E-state index is 0.0299. The summed E-state index contributed by atoms with van der Waals surface area (Å²) < 4.78 is 53.5. The molecule has 1 fully saturated rings. The molecule has 1 aliphatic heterocycles. The normalized spacial score (nSPS) is 14.7. The maximum absolute atomic E-state index is 12.5. The lowest BCUT2D eigenvalue weighted by Crippen LogP contribution is -2.31. The zero-order chi connectivity index (χ0) is 50.2. The van der Waals surface area contributed by atoms with Crippen molar-refractivity contribution in [2.75, 3.05) is 46.2 Å². The van der Waals surface area contributed by atoms with Gasteiger partial charge in [0.25, 0.3) is 0 Å². The van der Waals surface area contributed by atoms with Crippen LogP contribution < -0.4 is 28.4 Å². The lowest BCUT2D eigenvalue weighted by Gasteiger charge is -2.34. The molecule has 0 spiro atoms. The number of esters is 2. The Morgan fingerprint density at radius 1 is 0.534 bits per heavy atom. The van der Waals surface area contributed by atoms with Crippen LogP contribution >= 0.6 is 0 Å². The number of hydrogen-bond donors (Lipinski definition) is 0. The first-order valence-electron chi connectivity index (χ1n) is 24.3. The molecule has 1 heterocycles. The van der Waals surface area contributed by atoms with Crippen molar-refractivity contribution in [1.82, 2.24) is 0 Å². The molecule has 0 bridgehead atoms. The number of ether oxygens (including phenoxy) is 9. The predicted molar refractivity (Wildman–Crippen MR) is 280 cm³/mol. The molecular weight excluding hydrogens is 921 g/mol. The first-order chi connectivity index (χ1) is 35.8. The highest BCUT2D eigenvalue weighted by Gasteiger charge is 2.46. The number of carbonyl (C=O) groups excluding carboxylic acids is 2. The van der Waals surface area contributed by atoms with E-state index >= 15 is 0 Å². The van der Waals surface area contributed by atoms with Crippen molar-refractivity contribution in [3.8, 4) is 45.6 Å². The van der Waals surface area contributed by atoms with Crippen LogP contribution in [0.1, 0.15) is 29.2 Å². The maximum Gasteiger partial charge on any atom is 0.330 e. The van der Waals surface area contributed by atoms with E-state index in [4.69, 9.17) is 42.6 Å². The predicted octanol–water partition coefficient (Wildman–Crippen LogP) is 11.6. The molecule has 368 valence electrons. The molecule has 0 aromatic heterocycles. The molecule has 2 aliphatic rings. The van der Waals surface area contributed by atoms with Gasteiger partial charge < -0.3 is 42.6 Å². The molecule has 73 heavy (non-hydrogen) atoms. The summed E-state index contributed by atoms with van der Waals surface area (Å²) in [6.45, 7) is 11.1. The van der Waals surface area contributed by atoms with Crippen LogP contribution in [-0.2, 0) is 29.2 Å². The Labute approximate surface area is 424 Å². The fourth-order valence-electron chi connectivity index (χ4n) is 9.44. The minimum Gasteiger partial charge on any atom is -0.493 e. The van der Waals surface area contributed by atoms with Gasteiger partial charge in [-0.25, -0.2) is 9.59 Å². The van der Waals surface area contributed by atoms with Crippen LogP contribution in [-0.4, -0.2) is 76.5 Å². The summed E-state index contributed by atoms with van der Waals surface area (Å²) in [4.78, 5) is 25.0. The molecule has 10 rings (SSSR count). The Balaban J connectivity index is 0.860. The first kappa shape index (κ1) is 48.1. The summed E-state index contributed by atoms with van der Waals surface area (Å²) in [5.41, 5.74) is 5.87. The summed E-state index contributed by atoms with van der Waals surface area (Å²) in [6.07, 6.45) is 0.923. The van der Waals surface area contributed by atoms with Gasteiger partial charge in [-0.1, -0.05) is 110 Å². The molecule has 3 unspecified atom stereocenters.